The summed E-state index contributed by atoms with van der Waals surface area (Å²) in [5.41, 5.74) is 1.28. The van der Waals surface area contributed by atoms with Crippen LogP contribution >= 0.6 is 0 Å². The van der Waals surface area contributed by atoms with E-state index in [0.717, 1.165) is 13.0 Å². The molecule has 1 unspecified atom stereocenters. The van der Waals surface area contributed by atoms with Gasteiger partial charge in [0.2, 0.25) is 0 Å². The van der Waals surface area contributed by atoms with Gasteiger partial charge in [-0.15, -0.1) is 0 Å². The van der Waals surface area contributed by atoms with Gasteiger partial charge in [0.25, 0.3) is 0 Å². The van der Waals surface area contributed by atoms with E-state index in [1.807, 2.05) is 24.4 Å². The number of nitroso groups, excluding NO2 is 1. The predicted octanol–water partition coefficient (Wildman–Crippen LogP) is 2.77. The molecule has 82 valence electrons. The van der Waals surface area contributed by atoms with Crippen molar-refractivity contribution in [3.05, 3.63) is 41.0 Å². The van der Waals surface area contributed by atoms with Crippen LogP contribution in [0.15, 0.2) is 41.3 Å². The normalized spacial score (nSPS) is 33.6. The van der Waals surface area contributed by atoms with Crippen molar-refractivity contribution in [1.82, 2.24) is 5.32 Å². The Bertz CT molecular complexity index is 305. The molecule has 0 fully saturated rings. The summed E-state index contributed by atoms with van der Waals surface area (Å²) in [5.74, 6) is 0. The van der Waals surface area contributed by atoms with Gasteiger partial charge in [-0.3, -0.25) is 0 Å². The minimum absolute atomic E-state index is 0.00687. The van der Waals surface area contributed by atoms with Gasteiger partial charge >= 0.3 is 0 Å². The smallest absolute Gasteiger partial charge is 0.0820 e. The van der Waals surface area contributed by atoms with E-state index in [0.29, 0.717) is 6.54 Å². The standard InChI is InChI=1S/C12H18N2O/c1-11-6-4-3-5-8-13-10-12(11,2)7-9-14-15/h3-6,8,13H,7,9-10H2,1-2H3/b4-3-,8-5+,11-6+. The molecule has 3 nitrogen and oxygen atoms in total. The second-order valence-corrected chi connectivity index (χ2v) is 4.14. The summed E-state index contributed by atoms with van der Waals surface area (Å²) >= 11 is 0. The van der Waals surface area contributed by atoms with E-state index >= 15 is 0 Å². The monoisotopic (exact) mass is 206 g/mol. The van der Waals surface area contributed by atoms with Crippen molar-refractivity contribution in [3.63, 3.8) is 0 Å². The Morgan fingerprint density at radius 1 is 1.47 bits per heavy atom. The van der Waals surface area contributed by atoms with Crippen molar-refractivity contribution in [2.75, 3.05) is 13.1 Å². The molecule has 0 saturated carbocycles. The Kier molecular flexibility index (Phi) is 4.28. The molecule has 1 heterocycles. The Morgan fingerprint density at radius 3 is 3.00 bits per heavy atom. The number of rotatable bonds is 3. The molecule has 1 N–H and O–H groups in total. The van der Waals surface area contributed by atoms with Gasteiger partial charge in [-0.2, -0.15) is 4.91 Å². The highest BCUT2D eigenvalue weighted by atomic mass is 16.3. The lowest BCUT2D eigenvalue weighted by Gasteiger charge is -2.29. The van der Waals surface area contributed by atoms with E-state index in [4.69, 9.17) is 0 Å². The second kappa shape index (κ2) is 5.49. The molecule has 0 amide bonds. The van der Waals surface area contributed by atoms with Gasteiger partial charge in [0.05, 0.1) is 6.54 Å². The van der Waals surface area contributed by atoms with Gasteiger partial charge in [-0.05, 0) is 25.6 Å². The fourth-order valence-corrected chi connectivity index (χ4v) is 1.59. The summed E-state index contributed by atoms with van der Waals surface area (Å²) in [4.78, 5) is 10.2. The molecule has 0 aromatic carbocycles. The van der Waals surface area contributed by atoms with E-state index in [-0.39, 0.29) is 5.41 Å². The molecular weight excluding hydrogens is 188 g/mol. The van der Waals surface area contributed by atoms with Crippen LogP contribution in [0.3, 0.4) is 0 Å². The minimum Gasteiger partial charge on any atom is -0.390 e. The third kappa shape index (κ3) is 3.35. The average molecular weight is 206 g/mol. The number of hydrogen-bond acceptors (Lipinski definition) is 3. The summed E-state index contributed by atoms with van der Waals surface area (Å²) in [5, 5.41) is 6.19. The molecule has 0 aliphatic carbocycles. The number of nitrogens with zero attached hydrogens (tertiary/aromatic N) is 1. The predicted molar refractivity (Wildman–Crippen MR) is 63.4 cm³/mol. The quantitative estimate of drug-likeness (QED) is 0.721. The molecule has 0 radical (unpaired) electrons. The fraction of sp³-hybridized carbons (Fsp3) is 0.500. The number of hydrogen-bond donors (Lipinski definition) is 1. The first-order valence-corrected chi connectivity index (χ1v) is 5.22. The van der Waals surface area contributed by atoms with Crippen LogP contribution < -0.4 is 5.32 Å². The summed E-state index contributed by atoms with van der Waals surface area (Å²) in [7, 11) is 0. The van der Waals surface area contributed by atoms with Gasteiger partial charge in [-0.1, -0.05) is 35.9 Å². The third-order valence-corrected chi connectivity index (χ3v) is 2.98. The second-order valence-electron chi connectivity index (χ2n) is 4.14. The molecule has 0 aromatic rings. The van der Waals surface area contributed by atoms with Crippen LogP contribution in [0.4, 0.5) is 0 Å². The highest BCUT2D eigenvalue weighted by Crippen LogP contribution is 2.30. The first-order chi connectivity index (χ1) is 7.19. The van der Waals surface area contributed by atoms with Crippen LogP contribution in [0.2, 0.25) is 0 Å². The first kappa shape index (κ1) is 11.7. The maximum absolute atomic E-state index is 10.2. The summed E-state index contributed by atoms with van der Waals surface area (Å²) in [6, 6.07) is 0. The zero-order chi connectivity index (χ0) is 11.1. The van der Waals surface area contributed by atoms with Crippen molar-refractivity contribution in [2.24, 2.45) is 10.6 Å². The lowest BCUT2D eigenvalue weighted by atomic mass is 9.79. The molecular formula is C12H18N2O. The van der Waals surface area contributed by atoms with Crippen LogP contribution in [0.1, 0.15) is 20.3 Å². The molecule has 0 saturated heterocycles. The first-order valence-electron chi connectivity index (χ1n) is 5.22. The Hall–Kier alpha value is -1.38. The molecule has 1 aliphatic rings. The molecule has 0 bridgehead atoms. The maximum Gasteiger partial charge on any atom is 0.0820 e. The lowest BCUT2D eigenvalue weighted by molar-refractivity contribution is 0.363. The summed E-state index contributed by atoms with van der Waals surface area (Å²) in [6.07, 6.45) is 10.8. The zero-order valence-corrected chi connectivity index (χ0v) is 9.36. The van der Waals surface area contributed by atoms with E-state index in [2.05, 4.69) is 30.4 Å². The van der Waals surface area contributed by atoms with E-state index in [1.54, 1.807) is 0 Å². The number of nitrogens with one attached hydrogen (secondary N) is 1. The lowest BCUT2D eigenvalue weighted by Crippen LogP contribution is -2.31. The molecule has 1 rings (SSSR count). The SMILES string of the molecule is C\C1=C/C=C\C=C\NCC1(C)CCN=O. The fourth-order valence-electron chi connectivity index (χ4n) is 1.59. The van der Waals surface area contributed by atoms with Gasteiger partial charge in [0, 0.05) is 12.0 Å². The Balaban J connectivity index is 2.82. The topological polar surface area (TPSA) is 41.5 Å². The van der Waals surface area contributed by atoms with E-state index in [1.165, 1.54) is 5.57 Å². The van der Waals surface area contributed by atoms with Crippen LogP contribution in [-0.4, -0.2) is 13.1 Å². The van der Waals surface area contributed by atoms with Crippen LogP contribution in [0.25, 0.3) is 0 Å². The highest BCUT2D eigenvalue weighted by Gasteiger charge is 2.25. The molecule has 3 heteroatoms. The Labute approximate surface area is 90.9 Å². The van der Waals surface area contributed by atoms with Crippen molar-refractivity contribution < 1.29 is 0 Å². The maximum atomic E-state index is 10.2. The van der Waals surface area contributed by atoms with Crippen LogP contribution in [0, 0.1) is 10.3 Å². The number of allylic oxidation sites excluding steroid dienone is 4. The summed E-state index contributed by atoms with van der Waals surface area (Å²) in [6.45, 7) is 5.46. The van der Waals surface area contributed by atoms with Crippen molar-refractivity contribution >= 4 is 0 Å². The van der Waals surface area contributed by atoms with Crippen molar-refractivity contribution in [3.8, 4) is 0 Å². The largest absolute Gasteiger partial charge is 0.390 e. The highest BCUT2D eigenvalue weighted by molar-refractivity contribution is 5.22. The molecule has 0 aromatic heterocycles. The summed E-state index contributed by atoms with van der Waals surface area (Å²) < 4.78 is 0. The van der Waals surface area contributed by atoms with E-state index in [9.17, 15) is 4.91 Å². The molecule has 15 heavy (non-hydrogen) atoms. The van der Waals surface area contributed by atoms with Crippen molar-refractivity contribution in [1.29, 1.82) is 0 Å². The van der Waals surface area contributed by atoms with E-state index < -0.39 is 0 Å². The van der Waals surface area contributed by atoms with Crippen molar-refractivity contribution in [2.45, 2.75) is 20.3 Å². The minimum atomic E-state index is 0.00687. The molecule has 1 atom stereocenters. The van der Waals surface area contributed by atoms with Gasteiger partial charge in [-0.25, -0.2) is 0 Å². The Morgan fingerprint density at radius 2 is 2.27 bits per heavy atom. The molecule has 1 aliphatic heterocycles. The average Bonchev–Trinajstić information content (AvgIpc) is 2.30. The van der Waals surface area contributed by atoms with Gasteiger partial charge < -0.3 is 5.32 Å². The van der Waals surface area contributed by atoms with Crippen LogP contribution in [0.5, 0.6) is 0 Å². The molecule has 0 spiro atoms. The zero-order valence-electron chi connectivity index (χ0n) is 9.36. The van der Waals surface area contributed by atoms with Gasteiger partial charge in [0.15, 0.2) is 0 Å². The van der Waals surface area contributed by atoms with Crippen LogP contribution in [-0.2, 0) is 0 Å². The third-order valence-electron chi connectivity index (χ3n) is 2.98. The van der Waals surface area contributed by atoms with Gasteiger partial charge in [0.1, 0.15) is 0 Å².